The lowest BCUT2D eigenvalue weighted by Gasteiger charge is -2.14. The van der Waals surface area contributed by atoms with Crippen molar-refractivity contribution in [1.29, 1.82) is 0 Å². The number of aliphatic hydroxyl groups excluding tert-OH is 1. The first kappa shape index (κ1) is 14.3. The van der Waals surface area contributed by atoms with Crippen LogP contribution in [-0.2, 0) is 13.2 Å². The number of rotatable bonds is 6. The summed E-state index contributed by atoms with van der Waals surface area (Å²) in [6.07, 6.45) is 0.892. The number of benzene rings is 1. The summed E-state index contributed by atoms with van der Waals surface area (Å²) in [5.74, 6) is 2.01. The highest BCUT2D eigenvalue weighted by Crippen LogP contribution is 2.29. The summed E-state index contributed by atoms with van der Waals surface area (Å²) in [4.78, 5) is 4.15. The average molecular weight is 277 g/mol. The van der Waals surface area contributed by atoms with Crippen LogP contribution >= 0.6 is 0 Å². The van der Waals surface area contributed by atoms with Crippen LogP contribution in [0, 0.1) is 0 Å². The molecule has 0 spiro atoms. The molecule has 1 heterocycles. The number of nitrogens with zero attached hydrogens (tertiary/aromatic N) is 3. The fraction of sp³-hybridized carbons (Fsp3) is 0.429. The highest BCUT2D eigenvalue weighted by atomic mass is 16.5. The Bertz CT molecular complexity index is 567. The van der Waals surface area contributed by atoms with E-state index in [0.29, 0.717) is 23.7 Å². The monoisotopic (exact) mass is 277 g/mol. The fourth-order valence-corrected chi connectivity index (χ4v) is 1.92. The summed E-state index contributed by atoms with van der Waals surface area (Å²) in [6.45, 7) is 4.72. The molecule has 1 N–H and O–H groups in total. The van der Waals surface area contributed by atoms with Crippen LogP contribution < -0.4 is 9.47 Å². The second-order valence-corrected chi connectivity index (χ2v) is 4.36. The minimum atomic E-state index is -0.611. The van der Waals surface area contributed by atoms with Crippen molar-refractivity contribution in [3.8, 4) is 11.5 Å². The molecule has 0 unspecified atom stereocenters. The highest BCUT2D eigenvalue weighted by Gasteiger charge is 2.12. The molecule has 2 rings (SSSR count). The van der Waals surface area contributed by atoms with Crippen LogP contribution in [0.1, 0.15) is 31.3 Å². The number of hydrogen-bond donors (Lipinski definition) is 1. The summed E-state index contributed by atoms with van der Waals surface area (Å²) >= 11 is 0. The zero-order chi connectivity index (χ0) is 14.5. The maximum atomic E-state index is 9.77. The van der Waals surface area contributed by atoms with Gasteiger partial charge in [-0.2, -0.15) is 5.10 Å². The van der Waals surface area contributed by atoms with Gasteiger partial charge in [0.05, 0.1) is 13.2 Å². The molecule has 1 atom stereocenters. The summed E-state index contributed by atoms with van der Waals surface area (Å²) in [7, 11) is 1.59. The summed E-state index contributed by atoms with van der Waals surface area (Å²) in [5.41, 5.74) is 0.716. The molecule has 2 aromatic rings. The molecule has 0 aliphatic carbocycles. The van der Waals surface area contributed by atoms with Gasteiger partial charge in [-0.05, 0) is 26.0 Å². The minimum absolute atomic E-state index is 0.292. The van der Waals surface area contributed by atoms with Gasteiger partial charge in [0.1, 0.15) is 24.4 Å². The van der Waals surface area contributed by atoms with Crippen molar-refractivity contribution in [2.75, 3.05) is 7.11 Å². The van der Waals surface area contributed by atoms with Crippen LogP contribution in [0.4, 0.5) is 0 Å². The molecule has 0 aliphatic rings. The van der Waals surface area contributed by atoms with Gasteiger partial charge < -0.3 is 14.6 Å². The van der Waals surface area contributed by atoms with Crippen molar-refractivity contribution in [3.63, 3.8) is 0 Å². The van der Waals surface area contributed by atoms with E-state index in [9.17, 15) is 5.11 Å². The standard InChI is InChI=1S/C14H19N3O3/c1-4-17-14(15-9-16-17)8-20-13-7-11(19-3)5-6-12(13)10(2)18/h5-7,9-10,18H,4,8H2,1-3H3/t10-/m0/s1. The average Bonchev–Trinajstić information content (AvgIpc) is 2.91. The Morgan fingerprint density at radius 1 is 1.40 bits per heavy atom. The van der Waals surface area contributed by atoms with Gasteiger partial charge in [-0.15, -0.1) is 0 Å². The van der Waals surface area contributed by atoms with Gasteiger partial charge in [0.15, 0.2) is 5.82 Å². The first-order valence-corrected chi connectivity index (χ1v) is 6.51. The third kappa shape index (κ3) is 3.08. The Morgan fingerprint density at radius 3 is 2.85 bits per heavy atom. The molecule has 0 aliphatic heterocycles. The number of methoxy groups -OCH3 is 1. The molecule has 0 radical (unpaired) electrons. The second kappa shape index (κ2) is 6.38. The van der Waals surface area contributed by atoms with Crippen LogP contribution in [-0.4, -0.2) is 27.0 Å². The minimum Gasteiger partial charge on any atom is -0.497 e. The van der Waals surface area contributed by atoms with Crippen LogP contribution in [0.5, 0.6) is 11.5 Å². The lowest BCUT2D eigenvalue weighted by molar-refractivity contribution is 0.188. The van der Waals surface area contributed by atoms with E-state index in [0.717, 1.165) is 12.4 Å². The largest absolute Gasteiger partial charge is 0.497 e. The SMILES string of the molecule is CCn1ncnc1COc1cc(OC)ccc1[C@H](C)O. The molecule has 0 fully saturated rings. The predicted molar refractivity (Wildman–Crippen MR) is 73.7 cm³/mol. The van der Waals surface area contributed by atoms with E-state index in [-0.39, 0.29) is 0 Å². The molecule has 0 bridgehead atoms. The van der Waals surface area contributed by atoms with Gasteiger partial charge in [-0.1, -0.05) is 0 Å². The van der Waals surface area contributed by atoms with Crippen LogP contribution in [0.2, 0.25) is 0 Å². The Kier molecular flexibility index (Phi) is 4.57. The van der Waals surface area contributed by atoms with E-state index >= 15 is 0 Å². The Hall–Kier alpha value is -2.08. The molecule has 20 heavy (non-hydrogen) atoms. The summed E-state index contributed by atoms with van der Waals surface area (Å²) in [5, 5.41) is 13.9. The van der Waals surface area contributed by atoms with Gasteiger partial charge in [-0.25, -0.2) is 9.67 Å². The van der Waals surface area contributed by atoms with Gasteiger partial charge in [0.2, 0.25) is 0 Å². The lowest BCUT2D eigenvalue weighted by atomic mass is 10.1. The van der Waals surface area contributed by atoms with Crippen molar-refractivity contribution in [1.82, 2.24) is 14.8 Å². The Morgan fingerprint density at radius 2 is 2.20 bits per heavy atom. The Balaban J connectivity index is 2.19. The van der Waals surface area contributed by atoms with Crippen molar-refractivity contribution >= 4 is 0 Å². The van der Waals surface area contributed by atoms with Crippen molar-refractivity contribution in [2.24, 2.45) is 0 Å². The maximum Gasteiger partial charge on any atom is 0.164 e. The second-order valence-electron chi connectivity index (χ2n) is 4.36. The number of ether oxygens (including phenoxy) is 2. The third-order valence-electron chi connectivity index (χ3n) is 3.02. The molecular weight excluding hydrogens is 258 g/mol. The summed E-state index contributed by atoms with van der Waals surface area (Å²) < 4.78 is 12.7. The quantitative estimate of drug-likeness (QED) is 0.873. The summed E-state index contributed by atoms with van der Waals surface area (Å²) in [6, 6.07) is 5.35. The normalized spacial score (nSPS) is 12.2. The Labute approximate surface area is 118 Å². The number of aromatic nitrogens is 3. The van der Waals surface area contributed by atoms with Crippen LogP contribution in [0.15, 0.2) is 24.5 Å². The zero-order valence-corrected chi connectivity index (χ0v) is 11.9. The molecule has 0 saturated heterocycles. The number of hydrogen-bond acceptors (Lipinski definition) is 5. The van der Waals surface area contributed by atoms with E-state index in [1.54, 1.807) is 36.9 Å². The molecule has 0 saturated carbocycles. The smallest absolute Gasteiger partial charge is 0.164 e. The van der Waals surface area contributed by atoms with E-state index in [2.05, 4.69) is 10.1 Å². The lowest BCUT2D eigenvalue weighted by Crippen LogP contribution is -2.08. The van der Waals surface area contributed by atoms with Gasteiger partial charge in [0.25, 0.3) is 0 Å². The highest BCUT2D eigenvalue weighted by molar-refractivity contribution is 5.41. The van der Waals surface area contributed by atoms with Crippen molar-refractivity contribution in [2.45, 2.75) is 33.1 Å². The number of aryl methyl sites for hydroxylation is 1. The fourth-order valence-electron chi connectivity index (χ4n) is 1.92. The zero-order valence-electron chi connectivity index (χ0n) is 11.9. The van der Waals surface area contributed by atoms with E-state index in [1.807, 2.05) is 6.92 Å². The van der Waals surface area contributed by atoms with Crippen LogP contribution in [0.3, 0.4) is 0 Å². The molecule has 6 nitrogen and oxygen atoms in total. The predicted octanol–water partition coefficient (Wildman–Crippen LogP) is 1.94. The molecule has 1 aromatic heterocycles. The first-order valence-electron chi connectivity index (χ1n) is 6.51. The first-order chi connectivity index (χ1) is 9.65. The van der Waals surface area contributed by atoms with Crippen LogP contribution in [0.25, 0.3) is 0 Å². The van der Waals surface area contributed by atoms with Gasteiger partial charge in [-0.3, -0.25) is 0 Å². The van der Waals surface area contributed by atoms with Gasteiger partial charge >= 0.3 is 0 Å². The topological polar surface area (TPSA) is 69.4 Å². The van der Waals surface area contributed by atoms with Crippen molar-refractivity contribution in [3.05, 3.63) is 35.9 Å². The molecular formula is C14H19N3O3. The van der Waals surface area contributed by atoms with E-state index in [1.165, 1.54) is 6.33 Å². The number of aliphatic hydroxyl groups is 1. The van der Waals surface area contributed by atoms with E-state index in [4.69, 9.17) is 9.47 Å². The molecule has 6 heteroatoms. The van der Waals surface area contributed by atoms with E-state index < -0.39 is 6.10 Å². The van der Waals surface area contributed by atoms with Gasteiger partial charge in [0, 0.05) is 18.2 Å². The maximum absolute atomic E-state index is 9.77. The van der Waals surface area contributed by atoms with Crippen molar-refractivity contribution < 1.29 is 14.6 Å². The molecule has 1 aromatic carbocycles. The third-order valence-corrected chi connectivity index (χ3v) is 3.02. The molecule has 0 amide bonds. The molecule has 108 valence electrons.